The van der Waals surface area contributed by atoms with Crippen LogP contribution in [-0.2, 0) is 4.74 Å². The van der Waals surface area contributed by atoms with Crippen LogP contribution in [-0.4, -0.2) is 60.3 Å². The fourth-order valence-electron chi connectivity index (χ4n) is 3.12. The van der Waals surface area contributed by atoms with Gasteiger partial charge >= 0.3 is 0 Å². The molecule has 1 aliphatic carbocycles. The third kappa shape index (κ3) is 2.11. The summed E-state index contributed by atoms with van der Waals surface area (Å²) in [6, 6.07) is 2.54. The number of aromatic nitrogens is 2. The predicted molar refractivity (Wildman–Crippen MR) is 72.4 cm³/mol. The van der Waals surface area contributed by atoms with Crippen molar-refractivity contribution >= 4 is 5.82 Å². The van der Waals surface area contributed by atoms with Gasteiger partial charge < -0.3 is 9.64 Å². The van der Waals surface area contributed by atoms with Gasteiger partial charge in [0.25, 0.3) is 0 Å². The summed E-state index contributed by atoms with van der Waals surface area (Å²) in [5, 5.41) is 0. The maximum absolute atomic E-state index is 5.89. The van der Waals surface area contributed by atoms with Crippen molar-refractivity contribution in [2.24, 2.45) is 0 Å². The second kappa shape index (κ2) is 4.42. The van der Waals surface area contributed by atoms with Crippen molar-refractivity contribution in [3.8, 4) is 0 Å². The zero-order valence-corrected chi connectivity index (χ0v) is 11.3. The number of likely N-dealkylation sites (N-methyl/N-ethyl adjacent to an activating group) is 1. The zero-order chi connectivity index (χ0) is 12.8. The van der Waals surface area contributed by atoms with Gasteiger partial charge in [0.1, 0.15) is 11.6 Å². The fraction of sp³-hybridized carbons (Fsp3) is 0.714. The smallest absolute Gasteiger partial charge is 0.133 e. The highest BCUT2D eigenvalue weighted by Crippen LogP contribution is 2.38. The molecule has 0 N–H and O–H groups in total. The summed E-state index contributed by atoms with van der Waals surface area (Å²) in [6.07, 6.45) is 4.74. The van der Waals surface area contributed by atoms with Gasteiger partial charge in [-0.15, -0.1) is 0 Å². The molecule has 2 aliphatic heterocycles. The van der Waals surface area contributed by atoms with E-state index >= 15 is 0 Å². The summed E-state index contributed by atoms with van der Waals surface area (Å²) in [5.74, 6) is 2.72. The molecule has 4 rings (SSSR count). The monoisotopic (exact) mass is 260 g/mol. The van der Waals surface area contributed by atoms with Gasteiger partial charge in [-0.05, 0) is 26.0 Å². The molecule has 0 radical (unpaired) electrons. The van der Waals surface area contributed by atoms with Crippen molar-refractivity contribution in [3.05, 3.63) is 18.1 Å². The second-order valence-corrected chi connectivity index (χ2v) is 5.91. The van der Waals surface area contributed by atoms with E-state index in [1.165, 1.54) is 12.8 Å². The molecule has 1 aromatic heterocycles. The van der Waals surface area contributed by atoms with Gasteiger partial charge in [-0.2, -0.15) is 0 Å². The molecule has 102 valence electrons. The van der Waals surface area contributed by atoms with Crippen LogP contribution in [0.2, 0.25) is 0 Å². The molecule has 5 heteroatoms. The molecule has 1 aromatic rings. The molecule has 0 bridgehead atoms. The van der Waals surface area contributed by atoms with Gasteiger partial charge in [0.15, 0.2) is 0 Å². The van der Waals surface area contributed by atoms with Gasteiger partial charge in [-0.3, -0.25) is 4.90 Å². The van der Waals surface area contributed by atoms with Crippen LogP contribution in [0.1, 0.15) is 24.6 Å². The first-order chi connectivity index (χ1) is 9.31. The Balaban J connectivity index is 1.55. The lowest BCUT2D eigenvalue weighted by atomic mass is 10.1. The maximum atomic E-state index is 5.89. The first-order valence-electron chi connectivity index (χ1n) is 7.21. The predicted octanol–water partition coefficient (Wildman–Crippen LogP) is 0.873. The Morgan fingerprint density at radius 1 is 1.32 bits per heavy atom. The van der Waals surface area contributed by atoms with Crippen LogP contribution >= 0.6 is 0 Å². The topological polar surface area (TPSA) is 41.5 Å². The lowest BCUT2D eigenvalue weighted by Gasteiger charge is -2.33. The molecular weight excluding hydrogens is 240 g/mol. The van der Waals surface area contributed by atoms with Gasteiger partial charge in [0.2, 0.25) is 0 Å². The Bertz CT molecular complexity index is 476. The maximum Gasteiger partial charge on any atom is 0.133 e. The van der Waals surface area contributed by atoms with Crippen molar-refractivity contribution in [2.45, 2.75) is 30.9 Å². The van der Waals surface area contributed by atoms with Gasteiger partial charge in [-0.1, -0.05) is 0 Å². The van der Waals surface area contributed by atoms with Crippen LogP contribution in [0.25, 0.3) is 0 Å². The summed E-state index contributed by atoms with van der Waals surface area (Å²) in [4.78, 5) is 13.9. The van der Waals surface area contributed by atoms with E-state index in [1.807, 2.05) is 12.3 Å². The van der Waals surface area contributed by atoms with Crippen molar-refractivity contribution in [1.29, 1.82) is 0 Å². The average molecular weight is 260 g/mol. The van der Waals surface area contributed by atoms with Crippen molar-refractivity contribution in [3.63, 3.8) is 0 Å². The normalized spacial score (nSPS) is 31.5. The van der Waals surface area contributed by atoms with Gasteiger partial charge in [0.05, 0.1) is 18.8 Å². The molecule has 0 spiro atoms. The molecule has 3 heterocycles. The number of nitrogens with zero attached hydrogens (tertiary/aromatic N) is 4. The third-order valence-electron chi connectivity index (χ3n) is 4.51. The molecule has 5 nitrogen and oxygen atoms in total. The molecule has 0 amide bonds. The van der Waals surface area contributed by atoms with Crippen LogP contribution in [0, 0.1) is 0 Å². The molecule has 0 aromatic carbocycles. The van der Waals surface area contributed by atoms with Gasteiger partial charge in [0, 0.05) is 31.7 Å². The number of morpholine rings is 1. The van der Waals surface area contributed by atoms with E-state index < -0.39 is 0 Å². The number of hydrogen-bond acceptors (Lipinski definition) is 5. The van der Waals surface area contributed by atoms with Crippen molar-refractivity contribution < 1.29 is 4.74 Å². The van der Waals surface area contributed by atoms with Crippen molar-refractivity contribution in [1.82, 2.24) is 14.9 Å². The lowest BCUT2D eigenvalue weighted by Crippen LogP contribution is -2.48. The molecule has 19 heavy (non-hydrogen) atoms. The number of anilines is 1. The summed E-state index contributed by atoms with van der Waals surface area (Å²) in [7, 11) is 2.19. The van der Waals surface area contributed by atoms with Crippen LogP contribution in [0.4, 0.5) is 5.82 Å². The Morgan fingerprint density at radius 3 is 3.00 bits per heavy atom. The quantitative estimate of drug-likeness (QED) is 0.789. The van der Waals surface area contributed by atoms with Crippen LogP contribution in [0.15, 0.2) is 12.3 Å². The van der Waals surface area contributed by atoms with E-state index in [9.17, 15) is 0 Å². The summed E-state index contributed by atoms with van der Waals surface area (Å²) in [6.45, 7) is 3.85. The molecule has 1 saturated carbocycles. The summed E-state index contributed by atoms with van der Waals surface area (Å²) < 4.78 is 5.89. The van der Waals surface area contributed by atoms with Gasteiger partial charge in [-0.25, -0.2) is 9.97 Å². The Hall–Kier alpha value is -1.20. The Labute approximate surface area is 113 Å². The second-order valence-electron chi connectivity index (χ2n) is 5.91. The molecule has 2 unspecified atom stereocenters. The number of ether oxygens (including phenoxy) is 1. The lowest BCUT2D eigenvalue weighted by molar-refractivity contribution is -0.0362. The number of fused-ring (bicyclic) bond motifs is 1. The molecule has 3 fully saturated rings. The molecule has 2 saturated heterocycles. The van der Waals surface area contributed by atoms with Crippen LogP contribution in [0.3, 0.4) is 0 Å². The first kappa shape index (κ1) is 11.6. The Kier molecular flexibility index (Phi) is 2.70. The van der Waals surface area contributed by atoms with Crippen molar-refractivity contribution in [2.75, 3.05) is 38.2 Å². The highest BCUT2D eigenvalue weighted by atomic mass is 16.5. The van der Waals surface area contributed by atoms with E-state index in [1.54, 1.807) is 0 Å². The minimum atomic E-state index is 0.332. The molecule has 3 aliphatic rings. The van der Waals surface area contributed by atoms with E-state index in [2.05, 4.69) is 21.8 Å². The minimum absolute atomic E-state index is 0.332. The third-order valence-corrected chi connectivity index (χ3v) is 4.51. The SMILES string of the molecule is CN1CCOC2CN(c3ccnc(C4CC4)n3)CC21. The summed E-state index contributed by atoms with van der Waals surface area (Å²) in [5.41, 5.74) is 0. The highest BCUT2D eigenvalue weighted by Gasteiger charge is 2.39. The van der Waals surface area contributed by atoms with E-state index in [-0.39, 0.29) is 0 Å². The number of hydrogen-bond donors (Lipinski definition) is 0. The number of rotatable bonds is 2. The molecule has 2 atom stereocenters. The van der Waals surface area contributed by atoms with E-state index in [0.29, 0.717) is 18.1 Å². The first-order valence-corrected chi connectivity index (χ1v) is 7.21. The average Bonchev–Trinajstić information content (AvgIpc) is 3.19. The Morgan fingerprint density at radius 2 is 2.21 bits per heavy atom. The highest BCUT2D eigenvalue weighted by molar-refractivity contribution is 5.41. The standard InChI is InChI=1S/C14H20N4O/c1-17-6-7-19-12-9-18(8-11(12)17)13-4-5-15-14(16-13)10-2-3-10/h4-5,10-12H,2-3,6-9H2,1H3. The summed E-state index contributed by atoms with van der Waals surface area (Å²) >= 11 is 0. The van der Waals surface area contributed by atoms with Crippen LogP contribution in [0.5, 0.6) is 0 Å². The largest absolute Gasteiger partial charge is 0.373 e. The zero-order valence-electron chi connectivity index (χ0n) is 11.3. The fourth-order valence-corrected chi connectivity index (χ4v) is 3.12. The minimum Gasteiger partial charge on any atom is -0.373 e. The van der Waals surface area contributed by atoms with E-state index in [4.69, 9.17) is 9.72 Å². The molecular formula is C14H20N4O. The van der Waals surface area contributed by atoms with Crippen LogP contribution < -0.4 is 4.90 Å². The van der Waals surface area contributed by atoms with E-state index in [0.717, 1.165) is 37.9 Å².